The van der Waals surface area contributed by atoms with Gasteiger partial charge in [0.25, 0.3) is 0 Å². The molecule has 24 heavy (non-hydrogen) atoms. The minimum Gasteiger partial charge on any atom is -0.494 e. The van der Waals surface area contributed by atoms with E-state index in [2.05, 4.69) is 10.3 Å². The predicted octanol–water partition coefficient (Wildman–Crippen LogP) is 2.09. The number of hydrogen-bond donors (Lipinski definition) is 1. The summed E-state index contributed by atoms with van der Waals surface area (Å²) in [4.78, 5) is 16.5. The molecule has 1 aromatic carbocycles. The maximum absolute atomic E-state index is 12.0. The van der Waals surface area contributed by atoms with E-state index in [-0.39, 0.29) is 29.2 Å². The van der Waals surface area contributed by atoms with E-state index in [9.17, 15) is 13.2 Å². The lowest BCUT2D eigenvalue weighted by Gasteiger charge is -2.09. The number of nitrogens with zero attached hydrogens (tertiary/aromatic N) is 1. The van der Waals surface area contributed by atoms with Crippen LogP contribution in [0.15, 0.2) is 22.5 Å². The Hall–Kier alpha value is -1.32. The molecule has 1 amide bonds. The van der Waals surface area contributed by atoms with Crippen LogP contribution in [-0.2, 0) is 14.6 Å². The Morgan fingerprint density at radius 1 is 1.50 bits per heavy atom. The largest absolute Gasteiger partial charge is 0.494 e. The smallest absolute Gasteiger partial charge is 0.230 e. The van der Waals surface area contributed by atoms with Crippen molar-refractivity contribution in [2.24, 2.45) is 0 Å². The number of carbonyl (C=O) groups is 1. The van der Waals surface area contributed by atoms with Crippen LogP contribution in [-0.4, -0.2) is 49.2 Å². The van der Waals surface area contributed by atoms with E-state index in [0.29, 0.717) is 13.0 Å². The van der Waals surface area contributed by atoms with Crippen LogP contribution in [0, 0.1) is 0 Å². The number of hydrogen-bond acceptors (Lipinski definition) is 7. The third-order valence-corrected chi connectivity index (χ3v) is 7.50. The van der Waals surface area contributed by atoms with Gasteiger partial charge in [0, 0.05) is 6.04 Å². The van der Waals surface area contributed by atoms with Gasteiger partial charge in [0.2, 0.25) is 5.91 Å². The van der Waals surface area contributed by atoms with Gasteiger partial charge in [-0.1, -0.05) is 11.8 Å². The number of benzene rings is 1. The number of fused-ring (bicyclic) bond motifs is 1. The van der Waals surface area contributed by atoms with Gasteiger partial charge in [0.1, 0.15) is 5.75 Å². The minimum absolute atomic E-state index is 0.0464. The van der Waals surface area contributed by atoms with Crippen molar-refractivity contribution in [2.75, 3.05) is 23.9 Å². The molecule has 1 aromatic heterocycles. The highest BCUT2D eigenvalue weighted by Gasteiger charge is 2.28. The standard InChI is InChI=1S/C15H18N2O4S3/c1-2-21-11-3-4-12-13(7-11)23-15(17-12)22-8-14(18)16-10-5-6-24(19,20)9-10/h3-4,7,10H,2,5-6,8-9H2,1H3,(H,16,18)/t10-/m1/s1. The van der Waals surface area contributed by atoms with E-state index >= 15 is 0 Å². The highest BCUT2D eigenvalue weighted by atomic mass is 32.2. The van der Waals surface area contributed by atoms with Crippen LogP contribution in [0.5, 0.6) is 5.75 Å². The number of carbonyl (C=O) groups excluding carboxylic acids is 1. The summed E-state index contributed by atoms with van der Waals surface area (Å²) in [5.41, 5.74) is 0.883. The van der Waals surface area contributed by atoms with E-state index in [1.54, 1.807) is 0 Å². The monoisotopic (exact) mass is 386 g/mol. The molecule has 1 fully saturated rings. The van der Waals surface area contributed by atoms with Crippen molar-refractivity contribution < 1.29 is 17.9 Å². The summed E-state index contributed by atoms with van der Waals surface area (Å²) in [5, 5.41) is 2.78. The molecule has 2 aromatic rings. The van der Waals surface area contributed by atoms with Crippen LogP contribution in [0.4, 0.5) is 0 Å². The van der Waals surface area contributed by atoms with Crippen LogP contribution in [0.1, 0.15) is 13.3 Å². The molecule has 0 saturated carbocycles. The maximum atomic E-state index is 12.0. The van der Waals surface area contributed by atoms with Crippen LogP contribution < -0.4 is 10.1 Å². The molecule has 1 N–H and O–H groups in total. The quantitative estimate of drug-likeness (QED) is 0.765. The molecule has 1 saturated heterocycles. The lowest BCUT2D eigenvalue weighted by Crippen LogP contribution is -2.36. The SMILES string of the molecule is CCOc1ccc2nc(SCC(=O)N[C@@H]3CCS(=O)(=O)C3)sc2c1. The molecule has 0 unspecified atom stereocenters. The van der Waals surface area contributed by atoms with Crippen molar-refractivity contribution in [3.63, 3.8) is 0 Å². The van der Waals surface area contributed by atoms with E-state index in [4.69, 9.17) is 4.74 Å². The second-order valence-electron chi connectivity index (χ2n) is 5.50. The van der Waals surface area contributed by atoms with Gasteiger partial charge in [-0.25, -0.2) is 13.4 Å². The fourth-order valence-electron chi connectivity index (χ4n) is 2.51. The molecule has 6 nitrogen and oxygen atoms in total. The first-order chi connectivity index (χ1) is 11.4. The Morgan fingerprint density at radius 2 is 2.33 bits per heavy atom. The van der Waals surface area contributed by atoms with Crippen molar-refractivity contribution >= 4 is 49.1 Å². The van der Waals surface area contributed by atoms with Gasteiger partial charge in [-0.05, 0) is 31.5 Å². The average Bonchev–Trinajstić information content (AvgIpc) is 3.07. The van der Waals surface area contributed by atoms with E-state index in [1.165, 1.54) is 23.1 Å². The highest BCUT2D eigenvalue weighted by molar-refractivity contribution is 8.01. The number of thioether (sulfide) groups is 1. The zero-order valence-electron chi connectivity index (χ0n) is 13.1. The molecule has 9 heteroatoms. The topological polar surface area (TPSA) is 85.4 Å². The molecule has 1 aliphatic heterocycles. The van der Waals surface area contributed by atoms with Crippen molar-refractivity contribution in [1.29, 1.82) is 0 Å². The van der Waals surface area contributed by atoms with Gasteiger partial charge < -0.3 is 10.1 Å². The molecular weight excluding hydrogens is 368 g/mol. The van der Waals surface area contributed by atoms with Crippen molar-refractivity contribution in [3.8, 4) is 5.75 Å². The zero-order chi connectivity index (χ0) is 17.2. The summed E-state index contributed by atoms with van der Waals surface area (Å²) in [7, 11) is -2.98. The molecule has 130 valence electrons. The van der Waals surface area contributed by atoms with Crippen LogP contribution in [0.3, 0.4) is 0 Å². The highest BCUT2D eigenvalue weighted by Crippen LogP contribution is 2.31. The Bertz CT molecular complexity index is 848. The Labute approximate surface area is 148 Å². The number of aromatic nitrogens is 1. The summed E-state index contributed by atoms with van der Waals surface area (Å²) < 4.78 is 30.1. The van der Waals surface area contributed by atoms with E-state index < -0.39 is 9.84 Å². The van der Waals surface area contributed by atoms with Gasteiger partial charge >= 0.3 is 0 Å². The Balaban J connectivity index is 1.56. The van der Waals surface area contributed by atoms with Crippen LogP contribution >= 0.6 is 23.1 Å². The number of rotatable bonds is 6. The Kier molecular flexibility index (Phi) is 5.31. The van der Waals surface area contributed by atoms with Crippen LogP contribution in [0.2, 0.25) is 0 Å². The zero-order valence-corrected chi connectivity index (χ0v) is 15.6. The van der Waals surface area contributed by atoms with Gasteiger partial charge in [-0.2, -0.15) is 0 Å². The lowest BCUT2D eigenvalue weighted by atomic mass is 10.3. The Morgan fingerprint density at radius 3 is 3.04 bits per heavy atom. The first kappa shape index (κ1) is 17.5. The third-order valence-electron chi connectivity index (χ3n) is 3.58. The molecule has 2 heterocycles. The number of sulfone groups is 1. The first-order valence-electron chi connectivity index (χ1n) is 7.61. The van der Waals surface area contributed by atoms with E-state index in [0.717, 1.165) is 20.3 Å². The van der Waals surface area contributed by atoms with Crippen molar-refractivity contribution in [3.05, 3.63) is 18.2 Å². The fourth-order valence-corrected chi connectivity index (χ4v) is 6.09. The molecule has 0 spiro atoms. The normalized spacial score (nSPS) is 19.5. The summed E-state index contributed by atoms with van der Waals surface area (Å²) in [5.74, 6) is 1.09. The van der Waals surface area contributed by atoms with E-state index in [1.807, 2.05) is 25.1 Å². The van der Waals surface area contributed by atoms with Crippen molar-refractivity contribution in [1.82, 2.24) is 10.3 Å². The molecule has 0 aliphatic carbocycles. The molecule has 0 bridgehead atoms. The van der Waals surface area contributed by atoms with Gasteiger partial charge in [0.05, 0.1) is 34.1 Å². The van der Waals surface area contributed by atoms with Gasteiger partial charge in [-0.15, -0.1) is 11.3 Å². The number of thiazole rings is 1. The number of nitrogens with one attached hydrogen (secondary N) is 1. The van der Waals surface area contributed by atoms with Gasteiger partial charge in [-0.3, -0.25) is 4.79 Å². The average molecular weight is 387 g/mol. The third kappa shape index (κ3) is 4.40. The second-order valence-corrected chi connectivity index (χ2v) is 9.98. The second kappa shape index (κ2) is 7.28. The molecule has 3 rings (SSSR count). The molecule has 0 radical (unpaired) electrons. The molecule has 1 aliphatic rings. The molecular formula is C15H18N2O4S3. The summed E-state index contributed by atoms with van der Waals surface area (Å²) in [6.07, 6.45) is 0.500. The van der Waals surface area contributed by atoms with Gasteiger partial charge in [0.15, 0.2) is 14.2 Å². The number of ether oxygens (including phenoxy) is 1. The first-order valence-corrected chi connectivity index (χ1v) is 11.2. The summed E-state index contributed by atoms with van der Waals surface area (Å²) >= 11 is 2.88. The summed E-state index contributed by atoms with van der Waals surface area (Å²) in [6.45, 7) is 2.55. The van der Waals surface area contributed by atoms with Crippen LogP contribution in [0.25, 0.3) is 10.2 Å². The number of amides is 1. The maximum Gasteiger partial charge on any atom is 0.230 e. The minimum atomic E-state index is -2.98. The lowest BCUT2D eigenvalue weighted by molar-refractivity contribution is -0.119. The summed E-state index contributed by atoms with van der Waals surface area (Å²) in [6, 6.07) is 5.48. The molecule has 1 atom stereocenters. The predicted molar refractivity (Wildman–Crippen MR) is 96.7 cm³/mol. The van der Waals surface area contributed by atoms with Crippen molar-refractivity contribution in [2.45, 2.75) is 23.7 Å². The fraction of sp³-hybridized carbons (Fsp3) is 0.467.